The van der Waals surface area contributed by atoms with Gasteiger partial charge in [-0.1, -0.05) is 0 Å². The smallest absolute Gasteiger partial charge is 0.129 e. The lowest BCUT2D eigenvalue weighted by Gasteiger charge is -2.03. The second-order valence-electron chi connectivity index (χ2n) is 2.92. The average molecular weight is 189 g/mol. The number of nitrogens with zero attached hydrogens (tertiary/aromatic N) is 3. The van der Waals surface area contributed by atoms with Crippen molar-refractivity contribution >= 4 is 5.82 Å². The molecule has 2 aromatic heterocycles. The van der Waals surface area contributed by atoms with Crippen molar-refractivity contribution in [3.8, 4) is 0 Å². The van der Waals surface area contributed by atoms with Gasteiger partial charge in [-0.05, 0) is 19.1 Å². The maximum absolute atomic E-state index is 4.22. The van der Waals surface area contributed by atoms with Crippen LogP contribution in [0, 0.1) is 6.92 Å². The van der Waals surface area contributed by atoms with Gasteiger partial charge < -0.3 is 5.32 Å². The van der Waals surface area contributed by atoms with E-state index in [1.165, 1.54) is 0 Å². The van der Waals surface area contributed by atoms with Crippen molar-refractivity contribution in [2.24, 2.45) is 0 Å². The molecule has 5 nitrogen and oxygen atoms in total. The zero-order valence-electron chi connectivity index (χ0n) is 7.86. The summed E-state index contributed by atoms with van der Waals surface area (Å²) in [5, 5.41) is 9.89. The van der Waals surface area contributed by atoms with Gasteiger partial charge in [-0.15, -0.1) is 0 Å². The minimum absolute atomic E-state index is 0.691. The van der Waals surface area contributed by atoms with E-state index in [2.05, 4.69) is 25.5 Å². The number of aryl methyl sites for hydroxylation is 1. The summed E-state index contributed by atoms with van der Waals surface area (Å²) >= 11 is 0. The molecule has 2 aromatic rings. The van der Waals surface area contributed by atoms with E-state index in [1.807, 2.05) is 19.1 Å². The molecule has 2 N–H and O–H groups in total. The van der Waals surface area contributed by atoms with Crippen LogP contribution in [-0.2, 0) is 6.54 Å². The predicted molar refractivity (Wildman–Crippen MR) is 52.7 cm³/mol. The molecule has 0 spiro atoms. The van der Waals surface area contributed by atoms with E-state index in [1.54, 1.807) is 12.4 Å². The molecule has 0 atom stereocenters. The molecule has 0 aliphatic heterocycles. The zero-order valence-corrected chi connectivity index (χ0v) is 7.86. The van der Waals surface area contributed by atoms with Gasteiger partial charge in [-0.2, -0.15) is 5.10 Å². The number of hydrogen-bond acceptors (Lipinski definition) is 4. The Hall–Kier alpha value is -1.91. The third-order valence-corrected chi connectivity index (χ3v) is 1.79. The van der Waals surface area contributed by atoms with Crippen LogP contribution in [0.25, 0.3) is 0 Å². The van der Waals surface area contributed by atoms with Crippen molar-refractivity contribution in [1.82, 2.24) is 20.2 Å². The van der Waals surface area contributed by atoms with E-state index >= 15 is 0 Å². The standard InChI is InChI=1S/C9H11N5/c1-7-10-4-3-9(13-7)11-6-8-2-5-12-14-8/h2-5H,6H2,1H3,(H,12,14)(H,10,11,13). The first kappa shape index (κ1) is 8.68. The third kappa shape index (κ3) is 2.07. The Bertz CT molecular complexity index is 395. The summed E-state index contributed by atoms with van der Waals surface area (Å²) < 4.78 is 0. The SMILES string of the molecule is Cc1nccc(NCc2ccn[nH]2)n1. The van der Waals surface area contributed by atoms with Crippen LogP contribution < -0.4 is 5.32 Å². The van der Waals surface area contributed by atoms with Crippen LogP contribution in [-0.4, -0.2) is 20.2 Å². The predicted octanol–water partition coefficient (Wildman–Crippen LogP) is 1.12. The van der Waals surface area contributed by atoms with Crippen molar-refractivity contribution in [3.63, 3.8) is 0 Å². The molecular formula is C9H11N5. The van der Waals surface area contributed by atoms with E-state index in [0.717, 1.165) is 17.3 Å². The molecule has 0 bridgehead atoms. The van der Waals surface area contributed by atoms with Crippen LogP contribution in [0.1, 0.15) is 11.5 Å². The summed E-state index contributed by atoms with van der Waals surface area (Å²) in [6, 6.07) is 3.75. The lowest BCUT2D eigenvalue weighted by Crippen LogP contribution is -2.02. The van der Waals surface area contributed by atoms with Crippen LogP contribution >= 0.6 is 0 Å². The Labute approximate surface area is 81.6 Å². The molecule has 2 heterocycles. The Kier molecular flexibility index (Phi) is 2.40. The van der Waals surface area contributed by atoms with Crippen molar-refractivity contribution in [3.05, 3.63) is 36.0 Å². The number of aromatic amines is 1. The first-order valence-electron chi connectivity index (χ1n) is 4.36. The highest BCUT2D eigenvalue weighted by molar-refractivity contribution is 5.33. The number of H-pyrrole nitrogens is 1. The molecule has 0 unspecified atom stereocenters. The van der Waals surface area contributed by atoms with Crippen LogP contribution in [0.4, 0.5) is 5.82 Å². The van der Waals surface area contributed by atoms with E-state index in [4.69, 9.17) is 0 Å². The van der Waals surface area contributed by atoms with Crippen molar-refractivity contribution < 1.29 is 0 Å². The fourth-order valence-corrected chi connectivity index (χ4v) is 1.12. The Balaban J connectivity index is 1.98. The Morgan fingerprint density at radius 1 is 1.36 bits per heavy atom. The number of rotatable bonds is 3. The molecule has 0 fully saturated rings. The van der Waals surface area contributed by atoms with Gasteiger partial charge >= 0.3 is 0 Å². The van der Waals surface area contributed by atoms with Crippen LogP contribution in [0.2, 0.25) is 0 Å². The monoisotopic (exact) mass is 189 g/mol. The topological polar surface area (TPSA) is 66.5 Å². The highest BCUT2D eigenvalue weighted by Crippen LogP contribution is 2.03. The van der Waals surface area contributed by atoms with E-state index in [-0.39, 0.29) is 0 Å². The fourth-order valence-electron chi connectivity index (χ4n) is 1.12. The van der Waals surface area contributed by atoms with E-state index in [9.17, 15) is 0 Å². The molecule has 0 saturated carbocycles. The van der Waals surface area contributed by atoms with Crippen molar-refractivity contribution in [1.29, 1.82) is 0 Å². The molecule has 72 valence electrons. The normalized spacial score (nSPS) is 10.1. The second kappa shape index (κ2) is 3.87. The summed E-state index contributed by atoms with van der Waals surface area (Å²) in [5.74, 6) is 1.59. The number of anilines is 1. The molecule has 0 amide bonds. The molecule has 0 aliphatic carbocycles. The molecule has 2 rings (SSSR count). The van der Waals surface area contributed by atoms with Gasteiger partial charge in [0.05, 0.1) is 12.2 Å². The van der Waals surface area contributed by atoms with Gasteiger partial charge in [0.15, 0.2) is 0 Å². The first-order valence-corrected chi connectivity index (χ1v) is 4.36. The van der Waals surface area contributed by atoms with Gasteiger partial charge in [-0.3, -0.25) is 5.10 Å². The maximum atomic E-state index is 4.22. The Morgan fingerprint density at radius 2 is 2.29 bits per heavy atom. The summed E-state index contributed by atoms with van der Waals surface area (Å²) in [6.07, 6.45) is 3.46. The van der Waals surface area contributed by atoms with Gasteiger partial charge in [-0.25, -0.2) is 9.97 Å². The zero-order chi connectivity index (χ0) is 9.80. The van der Waals surface area contributed by atoms with Crippen LogP contribution in [0.5, 0.6) is 0 Å². The Morgan fingerprint density at radius 3 is 3.00 bits per heavy atom. The minimum Gasteiger partial charge on any atom is -0.364 e. The first-order chi connectivity index (χ1) is 6.84. The highest BCUT2D eigenvalue weighted by atomic mass is 15.1. The van der Waals surface area contributed by atoms with Crippen molar-refractivity contribution in [2.75, 3.05) is 5.32 Å². The molecule has 0 aromatic carbocycles. The molecular weight excluding hydrogens is 178 g/mol. The molecule has 0 saturated heterocycles. The molecule has 0 aliphatic rings. The van der Waals surface area contributed by atoms with Crippen LogP contribution in [0.15, 0.2) is 24.5 Å². The number of hydrogen-bond donors (Lipinski definition) is 2. The van der Waals surface area contributed by atoms with Crippen LogP contribution in [0.3, 0.4) is 0 Å². The van der Waals surface area contributed by atoms with Gasteiger partial charge in [0.25, 0.3) is 0 Å². The third-order valence-electron chi connectivity index (χ3n) is 1.79. The van der Waals surface area contributed by atoms with Crippen molar-refractivity contribution in [2.45, 2.75) is 13.5 Å². The fraction of sp³-hybridized carbons (Fsp3) is 0.222. The minimum atomic E-state index is 0.691. The summed E-state index contributed by atoms with van der Waals surface area (Å²) in [4.78, 5) is 8.23. The van der Waals surface area contributed by atoms with E-state index < -0.39 is 0 Å². The summed E-state index contributed by atoms with van der Waals surface area (Å²) in [5.41, 5.74) is 1.03. The van der Waals surface area contributed by atoms with Gasteiger partial charge in [0.1, 0.15) is 11.6 Å². The highest BCUT2D eigenvalue weighted by Gasteiger charge is 1.96. The number of aromatic nitrogens is 4. The molecule has 14 heavy (non-hydrogen) atoms. The lowest BCUT2D eigenvalue weighted by atomic mass is 10.4. The summed E-state index contributed by atoms with van der Waals surface area (Å²) in [6.45, 7) is 2.55. The molecule has 0 radical (unpaired) electrons. The van der Waals surface area contributed by atoms with Gasteiger partial charge in [0, 0.05) is 12.4 Å². The molecule has 5 heteroatoms. The maximum Gasteiger partial charge on any atom is 0.129 e. The van der Waals surface area contributed by atoms with E-state index in [0.29, 0.717) is 6.54 Å². The second-order valence-corrected chi connectivity index (χ2v) is 2.92. The largest absolute Gasteiger partial charge is 0.364 e. The number of nitrogens with one attached hydrogen (secondary N) is 2. The quantitative estimate of drug-likeness (QED) is 0.759. The summed E-state index contributed by atoms with van der Waals surface area (Å²) in [7, 11) is 0. The average Bonchev–Trinajstić information content (AvgIpc) is 2.67. The lowest BCUT2D eigenvalue weighted by molar-refractivity contribution is 0.962. The van der Waals surface area contributed by atoms with Gasteiger partial charge in [0.2, 0.25) is 0 Å².